The molecule has 0 heterocycles. The minimum absolute atomic E-state index is 0. The van der Waals surface area contributed by atoms with E-state index < -0.39 is 22.5 Å². The third-order valence-corrected chi connectivity index (χ3v) is 10.3. The standard InChI is InChI=1S/C26H22P2.C5H.CF3.CO.Mo/c1-5-13-23(14-6-1)27(24-15-7-2-8-16-24)21-22-28(25-17-9-3-10-18-25)26-19-11-4-12-20-26;1-2-4-5-3-1;2-1(3)4;1-2;/h1-22H;1H;;;/q;-5;-1;;/p+2. The largest absolute Gasteiger partial charge is 0.999 e. The predicted octanol–water partition coefficient (Wildman–Crippen LogP) is 7.10. The molecule has 204 valence electrons. The van der Waals surface area contributed by atoms with Crippen molar-refractivity contribution < 1.29 is 38.9 Å². The zero-order chi connectivity index (χ0) is 28.1. The monoisotopic (exact) mass is 654 g/mol. The molecule has 0 radical (unpaired) electrons. The normalized spacial score (nSPS) is 9.90. The van der Waals surface area contributed by atoms with Crippen molar-refractivity contribution in [3.8, 4) is 0 Å². The van der Waals surface area contributed by atoms with Gasteiger partial charge >= 0.3 is 11.3 Å². The van der Waals surface area contributed by atoms with E-state index >= 15 is 0 Å². The molecular weight excluding hydrogens is 627 g/mol. The van der Waals surface area contributed by atoms with Crippen molar-refractivity contribution in [3.05, 3.63) is 177 Å². The maximum absolute atomic E-state index is 9.58. The summed E-state index contributed by atoms with van der Waals surface area (Å²) >= 11 is 0. The Kier molecular flexibility index (Phi) is 19.1. The zero-order valence-corrected chi connectivity index (χ0v) is 25.2. The van der Waals surface area contributed by atoms with Gasteiger partial charge in [0, 0.05) is 21.1 Å². The number of hydrogen-bond donors (Lipinski definition) is 0. The van der Waals surface area contributed by atoms with Gasteiger partial charge in [-0.15, -0.1) is 0 Å². The van der Waals surface area contributed by atoms with Crippen molar-refractivity contribution in [1.29, 1.82) is 0 Å². The average molecular weight is 652 g/mol. The first-order valence-corrected chi connectivity index (χ1v) is 14.8. The van der Waals surface area contributed by atoms with Crippen LogP contribution in [0.3, 0.4) is 0 Å². The second kappa shape index (κ2) is 21.8. The summed E-state index contributed by atoms with van der Waals surface area (Å²) in [5.41, 5.74) is 0. The summed E-state index contributed by atoms with van der Waals surface area (Å²) in [5, 5.41) is 5.71. The van der Waals surface area contributed by atoms with E-state index in [1.165, 1.54) is 21.2 Å². The molecule has 0 spiro atoms. The Balaban J connectivity index is 0.000000567. The van der Waals surface area contributed by atoms with E-state index in [1.807, 2.05) is 0 Å². The molecule has 40 heavy (non-hydrogen) atoms. The molecule has 0 aliphatic carbocycles. The topological polar surface area (TPSA) is 19.9 Å². The van der Waals surface area contributed by atoms with Crippen molar-refractivity contribution in [2.24, 2.45) is 0 Å². The Morgan fingerprint density at radius 1 is 0.550 bits per heavy atom. The van der Waals surface area contributed by atoms with Crippen LogP contribution in [0, 0.1) is 37.6 Å². The average Bonchev–Trinajstić information content (AvgIpc) is 3.59. The van der Waals surface area contributed by atoms with Crippen LogP contribution in [0.15, 0.2) is 139 Å². The van der Waals surface area contributed by atoms with Gasteiger partial charge in [0.05, 0.1) is 15.8 Å². The van der Waals surface area contributed by atoms with Gasteiger partial charge in [0.2, 0.25) is 0 Å². The third kappa shape index (κ3) is 13.4. The molecule has 5 aromatic carbocycles. The molecule has 7 heteroatoms. The maximum Gasteiger partial charge on any atom is 0 e. The van der Waals surface area contributed by atoms with Crippen LogP contribution in [0.2, 0.25) is 0 Å². The van der Waals surface area contributed by atoms with Gasteiger partial charge in [-0.2, -0.15) is 0 Å². The molecule has 1 nitrogen and oxygen atoms in total. The smallest absolute Gasteiger partial charge is 0 e. The van der Waals surface area contributed by atoms with Gasteiger partial charge < -0.3 is 43.5 Å². The van der Waals surface area contributed by atoms with Crippen LogP contribution in [0.1, 0.15) is 0 Å². The van der Waals surface area contributed by atoms with E-state index in [0.717, 1.165) is 0 Å². The summed E-state index contributed by atoms with van der Waals surface area (Å²) in [4.78, 5) is 0. The predicted molar refractivity (Wildman–Crippen MR) is 158 cm³/mol. The van der Waals surface area contributed by atoms with E-state index in [2.05, 4.69) is 164 Å². The molecule has 0 aromatic heterocycles. The summed E-state index contributed by atoms with van der Waals surface area (Å²) in [6.45, 7) is 1.42. The molecule has 0 atom stereocenters. The third-order valence-electron chi connectivity index (χ3n) is 5.11. The molecule has 0 saturated heterocycles. The van der Waals surface area contributed by atoms with Gasteiger partial charge in [-0.25, -0.2) is 0 Å². The van der Waals surface area contributed by atoms with Crippen LogP contribution in [0.5, 0.6) is 0 Å². The summed E-state index contributed by atoms with van der Waals surface area (Å²) in [5.74, 6) is 5.01. The first-order chi connectivity index (χ1) is 19.1. The molecule has 0 aliphatic heterocycles. The summed E-state index contributed by atoms with van der Waals surface area (Å²) in [7, 11) is -1.93. The van der Waals surface area contributed by atoms with E-state index in [9.17, 15) is 13.2 Å². The Morgan fingerprint density at radius 2 is 0.775 bits per heavy atom. The minimum atomic E-state index is -3.08. The van der Waals surface area contributed by atoms with E-state index in [-0.39, 0.29) is 21.1 Å². The molecule has 5 rings (SSSR count). The zero-order valence-electron chi connectivity index (χ0n) is 21.2. The van der Waals surface area contributed by atoms with Gasteiger partial charge in [0.25, 0.3) is 0 Å². The summed E-state index contributed by atoms with van der Waals surface area (Å²) in [6, 6.07) is 55.7. The fourth-order valence-corrected chi connectivity index (χ4v) is 8.51. The number of halogens is 3. The van der Waals surface area contributed by atoms with Crippen LogP contribution in [-0.4, -0.2) is 0 Å². The first-order valence-electron chi connectivity index (χ1n) is 11.7. The second-order valence-electron chi connectivity index (χ2n) is 7.52. The molecule has 0 aliphatic rings. The second-order valence-corrected chi connectivity index (χ2v) is 12.2. The minimum Gasteiger partial charge on any atom is -0.999 e. The van der Waals surface area contributed by atoms with Gasteiger partial charge in [-0.05, 0) is 48.5 Å². The first kappa shape index (κ1) is 35.1. The Hall–Kier alpha value is -2.95. The maximum atomic E-state index is 9.58. The van der Waals surface area contributed by atoms with Crippen LogP contribution in [-0.2, 0) is 25.7 Å². The Labute approximate surface area is 251 Å². The summed E-state index contributed by atoms with van der Waals surface area (Å²) in [6.07, 6.45) is 0. The van der Waals surface area contributed by atoms with Gasteiger partial charge in [-0.3, -0.25) is 0 Å². The van der Waals surface area contributed by atoms with E-state index in [4.69, 9.17) is 4.65 Å². The Bertz CT molecular complexity index is 1120. The van der Waals surface area contributed by atoms with Crippen LogP contribution in [0.4, 0.5) is 13.2 Å². The van der Waals surface area contributed by atoms with Crippen molar-refractivity contribution in [1.82, 2.24) is 0 Å². The van der Waals surface area contributed by atoms with Crippen LogP contribution < -0.4 is 21.2 Å². The van der Waals surface area contributed by atoms with E-state index in [0.29, 0.717) is 0 Å². The molecule has 5 aromatic rings. The number of hydrogen-bond acceptors (Lipinski definition) is 0. The van der Waals surface area contributed by atoms with Gasteiger partial charge in [0.15, 0.2) is 6.68 Å². The van der Waals surface area contributed by atoms with Crippen molar-refractivity contribution in [3.63, 3.8) is 0 Å². The molecule has 0 bridgehead atoms. The van der Waals surface area contributed by atoms with Crippen molar-refractivity contribution >= 4 is 37.1 Å². The fourth-order valence-electron chi connectivity index (χ4n) is 3.54. The van der Waals surface area contributed by atoms with Crippen LogP contribution in [0.25, 0.3) is 0 Å². The number of rotatable bonds is 6. The Morgan fingerprint density at radius 3 is 0.950 bits per heavy atom. The molecule has 0 unspecified atom stereocenters. The molecule has 0 N–H and O–H groups in total. The summed E-state index contributed by atoms with van der Waals surface area (Å²) < 4.78 is 36.2. The van der Waals surface area contributed by atoms with Crippen molar-refractivity contribution in [2.75, 3.05) is 0 Å². The molecular formula is C33H25F3MoOP2-4. The SMILES string of the molecule is C(=C[PH+](c1ccccc1)c1ccccc1)[PH+](c1ccccc1)c1ccccc1.F[C-](F)F.[C-]#[O+].[Mo].[c-]1[c-][c-][cH-][c-]1. The van der Waals surface area contributed by atoms with Gasteiger partial charge in [0.1, 0.15) is 32.9 Å². The molecule has 0 saturated carbocycles. The number of benzene rings is 4. The quantitative estimate of drug-likeness (QED) is 0.0808. The van der Waals surface area contributed by atoms with Crippen molar-refractivity contribution in [2.45, 2.75) is 0 Å². The molecule has 0 amide bonds. The molecule has 0 fully saturated rings. The fraction of sp³-hybridized carbons (Fsp3) is 0. The van der Waals surface area contributed by atoms with Crippen LogP contribution >= 0.6 is 15.8 Å². The van der Waals surface area contributed by atoms with Gasteiger partial charge in [-0.1, -0.05) is 72.8 Å². The van der Waals surface area contributed by atoms with E-state index in [1.54, 1.807) is 6.07 Å².